The zero-order valence-electron chi connectivity index (χ0n) is 14.8. The Bertz CT molecular complexity index is 299. The molecule has 0 spiro atoms. The summed E-state index contributed by atoms with van der Waals surface area (Å²) in [6, 6.07) is 0.566. The lowest BCUT2D eigenvalue weighted by Gasteiger charge is -2.44. The van der Waals surface area contributed by atoms with Crippen molar-refractivity contribution in [3.05, 3.63) is 0 Å². The lowest BCUT2D eigenvalue weighted by Crippen LogP contribution is -2.50. The van der Waals surface area contributed by atoms with Crippen LogP contribution >= 0.6 is 0 Å². The van der Waals surface area contributed by atoms with Gasteiger partial charge in [0.2, 0.25) is 0 Å². The molecule has 21 heavy (non-hydrogen) atoms. The third-order valence-corrected chi connectivity index (χ3v) is 6.65. The van der Waals surface area contributed by atoms with Gasteiger partial charge in [0.1, 0.15) is 0 Å². The van der Waals surface area contributed by atoms with E-state index in [2.05, 4.69) is 33.1 Å². The molecular weight excluding hydrogens is 256 g/mol. The molecule has 0 aliphatic heterocycles. The van der Waals surface area contributed by atoms with Crippen molar-refractivity contribution in [2.45, 2.75) is 91.5 Å². The van der Waals surface area contributed by atoms with Gasteiger partial charge in [-0.3, -0.25) is 11.3 Å². The van der Waals surface area contributed by atoms with E-state index in [1.165, 1.54) is 57.8 Å². The van der Waals surface area contributed by atoms with Gasteiger partial charge in [-0.15, -0.1) is 0 Å². The highest BCUT2D eigenvalue weighted by atomic mass is 15.2. The highest BCUT2D eigenvalue weighted by Gasteiger charge is 2.38. The first-order valence-electron chi connectivity index (χ1n) is 9.43. The predicted octanol–water partition coefficient (Wildman–Crippen LogP) is 4.89. The van der Waals surface area contributed by atoms with Gasteiger partial charge in [-0.2, -0.15) is 0 Å². The molecule has 0 amide bonds. The van der Waals surface area contributed by atoms with Crippen LogP contribution in [0.25, 0.3) is 0 Å². The van der Waals surface area contributed by atoms with Crippen molar-refractivity contribution in [2.24, 2.45) is 34.9 Å². The molecule has 124 valence electrons. The summed E-state index contributed by atoms with van der Waals surface area (Å²) in [5.41, 5.74) is 3.74. The van der Waals surface area contributed by atoms with Gasteiger partial charge in [-0.1, -0.05) is 53.4 Å². The van der Waals surface area contributed by atoms with Crippen molar-refractivity contribution in [1.29, 1.82) is 0 Å². The summed E-state index contributed by atoms with van der Waals surface area (Å²) in [6.07, 6.45) is 12.6. The molecule has 2 rings (SSSR count). The fraction of sp³-hybridized carbons (Fsp3) is 1.00. The maximum Gasteiger partial charge on any atom is 0.0269 e. The van der Waals surface area contributed by atoms with Crippen molar-refractivity contribution in [3.63, 3.8) is 0 Å². The average molecular weight is 295 g/mol. The summed E-state index contributed by atoms with van der Waals surface area (Å²) >= 11 is 0. The summed E-state index contributed by atoms with van der Waals surface area (Å²) in [7, 11) is 0. The van der Waals surface area contributed by atoms with Crippen LogP contribution in [-0.4, -0.2) is 6.04 Å². The smallest absolute Gasteiger partial charge is 0.0269 e. The first-order chi connectivity index (χ1) is 9.97. The first kappa shape index (κ1) is 17.3. The summed E-state index contributed by atoms with van der Waals surface area (Å²) in [5.74, 6) is 9.46. The standard InChI is InChI=1S/C19H38N2/c1-5-14-8-6-7-9-17(14)18(21-20)15-10-12-16(13-11-15)19(2,3)4/h14-18,21H,5-13,20H2,1-4H3. The van der Waals surface area contributed by atoms with Gasteiger partial charge in [0.05, 0.1) is 0 Å². The number of nitrogens with two attached hydrogens (primary N) is 1. The van der Waals surface area contributed by atoms with Crippen LogP contribution in [0.2, 0.25) is 0 Å². The average Bonchev–Trinajstić information content (AvgIpc) is 2.48. The van der Waals surface area contributed by atoms with Crippen LogP contribution in [0.15, 0.2) is 0 Å². The van der Waals surface area contributed by atoms with Crippen molar-refractivity contribution in [1.82, 2.24) is 5.43 Å². The second-order valence-corrected chi connectivity index (χ2v) is 8.79. The quantitative estimate of drug-likeness (QED) is 0.572. The molecule has 0 saturated heterocycles. The Morgan fingerprint density at radius 2 is 1.62 bits per heavy atom. The molecule has 2 heteroatoms. The van der Waals surface area contributed by atoms with E-state index in [0.29, 0.717) is 11.5 Å². The van der Waals surface area contributed by atoms with Gasteiger partial charge < -0.3 is 0 Å². The van der Waals surface area contributed by atoms with E-state index in [-0.39, 0.29) is 0 Å². The van der Waals surface area contributed by atoms with Gasteiger partial charge in [0, 0.05) is 6.04 Å². The topological polar surface area (TPSA) is 38.0 Å². The van der Waals surface area contributed by atoms with E-state index in [9.17, 15) is 0 Å². The van der Waals surface area contributed by atoms with Gasteiger partial charge in [0.15, 0.2) is 0 Å². The van der Waals surface area contributed by atoms with Crippen molar-refractivity contribution in [3.8, 4) is 0 Å². The minimum atomic E-state index is 0.480. The Morgan fingerprint density at radius 1 is 1.00 bits per heavy atom. The van der Waals surface area contributed by atoms with Crippen molar-refractivity contribution >= 4 is 0 Å². The van der Waals surface area contributed by atoms with Crippen LogP contribution in [0.5, 0.6) is 0 Å². The van der Waals surface area contributed by atoms with Crippen LogP contribution in [0.1, 0.15) is 85.5 Å². The molecule has 0 aromatic carbocycles. The molecule has 2 fully saturated rings. The van der Waals surface area contributed by atoms with Gasteiger partial charge in [0.25, 0.3) is 0 Å². The van der Waals surface area contributed by atoms with Crippen LogP contribution < -0.4 is 11.3 Å². The lowest BCUT2D eigenvalue weighted by molar-refractivity contribution is 0.0838. The molecule has 2 saturated carbocycles. The molecule has 3 N–H and O–H groups in total. The van der Waals surface area contributed by atoms with E-state index in [1.807, 2.05) is 0 Å². The largest absolute Gasteiger partial charge is 0.271 e. The van der Waals surface area contributed by atoms with Gasteiger partial charge in [-0.25, -0.2) is 0 Å². The predicted molar refractivity (Wildman–Crippen MR) is 91.8 cm³/mol. The third kappa shape index (κ3) is 4.22. The van der Waals surface area contributed by atoms with Crippen LogP contribution in [0.4, 0.5) is 0 Å². The fourth-order valence-corrected chi connectivity index (χ4v) is 5.17. The van der Waals surface area contributed by atoms with Gasteiger partial charge in [-0.05, 0) is 61.2 Å². The Balaban J connectivity index is 1.96. The third-order valence-electron chi connectivity index (χ3n) is 6.65. The maximum atomic E-state index is 6.02. The van der Waals surface area contributed by atoms with E-state index in [0.717, 1.165) is 23.7 Å². The number of hydrogen-bond donors (Lipinski definition) is 2. The molecule has 0 bridgehead atoms. The van der Waals surface area contributed by atoms with Gasteiger partial charge >= 0.3 is 0 Å². The molecule has 0 aromatic rings. The zero-order chi connectivity index (χ0) is 15.5. The number of hydrogen-bond acceptors (Lipinski definition) is 2. The Kier molecular flexibility index (Phi) is 6.14. The summed E-state index contributed by atoms with van der Waals surface area (Å²) in [4.78, 5) is 0. The normalized spacial score (nSPS) is 36.4. The fourth-order valence-electron chi connectivity index (χ4n) is 5.17. The number of hydrazine groups is 1. The lowest BCUT2D eigenvalue weighted by atomic mass is 9.64. The molecule has 3 unspecified atom stereocenters. The maximum absolute atomic E-state index is 6.02. The Hall–Kier alpha value is -0.0800. The molecule has 2 nitrogen and oxygen atoms in total. The molecule has 0 heterocycles. The molecule has 3 atom stereocenters. The first-order valence-corrected chi connectivity index (χ1v) is 9.43. The van der Waals surface area contributed by atoms with E-state index < -0.39 is 0 Å². The minimum absolute atomic E-state index is 0.480. The minimum Gasteiger partial charge on any atom is -0.271 e. The van der Waals surface area contributed by atoms with Crippen LogP contribution in [0, 0.1) is 29.1 Å². The van der Waals surface area contributed by atoms with Crippen LogP contribution in [0.3, 0.4) is 0 Å². The Labute approximate surface area is 132 Å². The summed E-state index contributed by atoms with van der Waals surface area (Å²) in [6.45, 7) is 9.59. The molecule has 2 aliphatic carbocycles. The van der Waals surface area contributed by atoms with E-state index in [4.69, 9.17) is 5.84 Å². The Morgan fingerprint density at radius 3 is 2.14 bits per heavy atom. The molecule has 2 aliphatic rings. The molecular formula is C19H38N2. The molecule has 0 aromatic heterocycles. The summed E-state index contributed by atoms with van der Waals surface area (Å²) < 4.78 is 0. The highest BCUT2D eigenvalue weighted by molar-refractivity contribution is 4.91. The highest BCUT2D eigenvalue weighted by Crippen LogP contribution is 2.44. The van der Waals surface area contributed by atoms with E-state index in [1.54, 1.807) is 0 Å². The van der Waals surface area contributed by atoms with Crippen LogP contribution in [-0.2, 0) is 0 Å². The monoisotopic (exact) mass is 294 g/mol. The number of nitrogens with one attached hydrogen (secondary N) is 1. The zero-order valence-corrected chi connectivity index (χ0v) is 14.8. The van der Waals surface area contributed by atoms with Crippen molar-refractivity contribution < 1.29 is 0 Å². The second kappa shape index (κ2) is 7.46. The molecule has 0 radical (unpaired) electrons. The number of rotatable bonds is 4. The SMILES string of the molecule is CCC1CCCCC1C(NN)C1CCC(C(C)(C)C)CC1. The summed E-state index contributed by atoms with van der Waals surface area (Å²) in [5, 5.41) is 0. The van der Waals surface area contributed by atoms with E-state index >= 15 is 0 Å². The van der Waals surface area contributed by atoms with Crippen molar-refractivity contribution in [2.75, 3.05) is 0 Å². The second-order valence-electron chi connectivity index (χ2n) is 8.79.